The zero-order valence-corrected chi connectivity index (χ0v) is 14.0. The van der Waals surface area contributed by atoms with E-state index in [-0.39, 0.29) is 0 Å². The summed E-state index contributed by atoms with van der Waals surface area (Å²) in [6.07, 6.45) is 7.23. The highest BCUT2D eigenvalue weighted by Crippen LogP contribution is 2.35. The summed E-state index contributed by atoms with van der Waals surface area (Å²) in [5, 5.41) is 3.57. The van der Waals surface area contributed by atoms with E-state index in [1.54, 1.807) is 13.4 Å². The lowest BCUT2D eigenvalue weighted by Crippen LogP contribution is -2.26. The number of benzene rings is 1. The van der Waals surface area contributed by atoms with Crippen LogP contribution < -0.4 is 10.1 Å². The van der Waals surface area contributed by atoms with Gasteiger partial charge in [0.05, 0.1) is 12.8 Å². The molecular formula is C19H25N3O. The molecule has 1 aromatic carbocycles. The summed E-state index contributed by atoms with van der Waals surface area (Å²) in [5.41, 5.74) is 2.43. The molecule has 122 valence electrons. The van der Waals surface area contributed by atoms with Gasteiger partial charge in [-0.1, -0.05) is 37.3 Å². The van der Waals surface area contributed by atoms with Crippen molar-refractivity contribution >= 4 is 5.82 Å². The standard InChI is InChI=1S/C19H25N3O/c1-3-17-18(23-2)19(21-13-20-17)22-16-11-9-15(10-12-16)14-7-5-4-6-8-14/h4-8,13,15-16H,3,9-12H2,1-2H3,(H,20,21,22)/t15-,16+. The number of aryl methyl sites for hydroxylation is 1. The number of aromatic nitrogens is 2. The Hall–Kier alpha value is -2.10. The third kappa shape index (κ3) is 3.63. The van der Waals surface area contributed by atoms with Crippen LogP contribution in [0.25, 0.3) is 0 Å². The van der Waals surface area contributed by atoms with Gasteiger partial charge in [-0.25, -0.2) is 9.97 Å². The van der Waals surface area contributed by atoms with Crippen molar-refractivity contribution in [1.29, 1.82) is 0 Å². The van der Waals surface area contributed by atoms with E-state index in [2.05, 4.69) is 52.5 Å². The summed E-state index contributed by atoms with van der Waals surface area (Å²) in [7, 11) is 1.69. The molecule has 2 aromatic rings. The fraction of sp³-hybridized carbons (Fsp3) is 0.474. The summed E-state index contributed by atoms with van der Waals surface area (Å²) < 4.78 is 5.51. The van der Waals surface area contributed by atoms with E-state index < -0.39 is 0 Å². The molecule has 1 N–H and O–H groups in total. The van der Waals surface area contributed by atoms with E-state index in [0.717, 1.165) is 36.5 Å². The number of nitrogens with zero attached hydrogens (tertiary/aromatic N) is 2. The van der Waals surface area contributed by atoms with Crippen LogP contribution in [0.1, 0.15) is 49.8 Å². The molecule has 1 saturated carbocycles. The molecule has 1 aliphatic carbocycles. The lowest BCUT2D eigenvalue weighted by atomic mass is 9.82. The van der Waals surface area contributed by atoms with Crippen molar-refractivity contribution in [3.63, 3.8) is 0 Å². The molecule has 0 amide bonds. The van der Waals surface area contributed by atoms with Crippen molar-refractivity contribution in [2.24, 2.45) is 0 Å². The van der Waals surface area contributed by atoms with Crippen LogP contribution in [0.15, 0.2) is 36.7 Å². The summed E-state index contributed by atoms with van der Waals surface area (Å²) >= 11 is 0. The SMILES string of the molecule is CCc1ncnc(N[C@H]2CC[C@@H](c3ccccc3)CC2)c1OC. The zero-order chi connectivity index (χ0) is 16.1. The second kappa shape index (κ2) is 7.44. The average molecular weight is 311 g/mol. The molecule has 1 fully saturated rings. The van der Waals surface area contributed by atoms with E-state index in [1.165, 1.54) is 18.4 Å². The van der Waals surface area contributed by atoms with Gasteiger partial charge in [-0.2, -0.15) is 0 Å². The lowest BCUT2D eigenvalue weighted by Gasteiger charge is -2.30. The Morgan fingerprint density at radius 3 is 2.48 bits per heavy atom. The molecule has 4 nitrogen and oxygen atoms in total. The third-order valence-corrected chi connectivity index (χ3v) is 4.76. The first-order valence-corrected chi connectivity index (χ1v) is 8.51. The molecule has 4 heteroatoms. The molecule has 0 saturated heterocycles. The van der Waals surface area contributed by atoms with Gasteiger partial charge >= 0.3 is 0 Å². The highest BCUT2D eigenvalue weighted by Gasteiger charge is 2.23. The molecule has 0 radical (unpaired) electrons. The van der Waals surface area contributed by atoms with Crippen LogP contribution in [0.4, 0.5) is 5.82 Å². The Bertz CT molecular complexity index is 622. The highest BCUT2D eigenvalue weighted by atomic mass is 16.5. The maximum Gasteiger partial charge on any atom is 0.182 e. The predicted molar refractivity (Wildman–Crippen MR) is 93.0 cm³/mol. The predicted octanol–water partition coefficient (Wildman–Crippen LogP) is 4.19. The van der Waals surface area contributed by atoms with Crippen LogP contribution in [0.2, 0.25) is 0 Å². The number of methoxy groups -OCH3 is 1. The van der Waals surface area contributed by atoms with Gasteiger partial charge in [0.15, 0.2) is 11.6 Å². The molecule has 0 aliphatic heterocycles. The van der Waals surface area contributed by atoms with Crippen LogP contribution in [0.3, 0.4) is 0 Å². The number of rotatable bonds is 5. The quantitative estimate of drug-likeness (QED) is 0.899. The van der Waals surface area contributed by atoms with Gasteiger partial charge in [-0.15, -0.1) is 0 Å². The molecule has 1 heterocycles. The summed E-state index contributed by atoms with van der Waals surface area (Å²) in [5.74, 6) is 2.32. The Morgan fingerprint density at radius 2 is 1.83 bits per heavy atom. The van der Waals surface area contributed by atoms with Crippen molar-refractivity contribution < 1.29 is 4.74 Å². The maximum atomic E-state index is 5.51. The highest BCUT2D eigenvalue weighted by molar-refractivity contribution is 5.52. The van der Waals surface area contributed by atoms with E-state index in [1.807, 2.05) is 0 Å². The normalized spacial score (nSPS) is 21.0. The molecule has 0 unspecified atom stereocenters. The third-order valence-electron chi connectivity index (χ3n) is 4.76. The van der Waals surface area contributed by atoms with Crippen LogP contribution in [-0.4, -0.2) is 23.1 Å². The largest absolute Gasteiger partial charge is 0.491 e. The molecule has 0 bridgehead atoms. The van der Waals surface area contributed by atoms with E-state index >= 15 is 0 Å². The summed E-state index contributed by atoms with van der Waals surface area (Å²) in [4.78, 5) is 8.68. The van der Waals surface area contributed by atoms with Crippen molar-refractivity contribution in [3.05, 3.63) is 47.9 Å². The number of nitrogens with one attached hydrogen (secondary N) is 1. The van der Waals surface area contributed by atoms with Gasteiger partial charge in [0, 0.05) is 6.04 Å². The van der Waals surface area contributed by atoms with Gasteiger partial charge in [0.1, 0.15) is 6.33 Å². The van der Waals surface area contributed by atoms with Crippen LogP contribution >= 0.6 is 0 Å². The van der Waals surface area contributed by atoms with Crippen molar-refractivity contribution in [3.8, 4) is 5.75 Å². The van der Waals surface area contributed by atoms with Gasteiger partial charge in [0.2, 0.25) is 0 Å². The first-order valence-electron chi connectivity index (χ1n) is 8.51. The first-order chi connectivity index (χ1) is 11.3. The Morgan fingerprint density at radius 1 is 1.09 bits per heavy atom. The Labute approximate surface area is 138 Å². The number of hydrogen-bond donors (Lipinski definition) is 1. The molecule has 1 aliphatic rings. The van der Waals surface area contributed by atoms with Gasteiger partial charge in [-0.05, 0) is 43.6 Å². The number of anilines is 1. The van der Waals surface area contributed by atoms with Crippen LogP contribution in [0, 0.1) is 0 Å². The molecule has 0 spiro atoms. The topological polar surface area (TPSA) is 47.0 Å². The molecule has 23 heavy (non-hydrogen) atoms. The zero-order valence-electron chi connectivity index (χ0n) is 14.0. The van der Waals surface area contributed by atoms with Crippen molar-refractivity contribution in [2.75, 3.05) is 12.4 Å². The Balaban J connectivity index is 1.63. The number of ether oxygens (including phenoxy) is 1. The number of hydrogen-bond acceptors (Lipinski definition) is 4. The lowest BCUT2D eigenvalue weighted by molar-refractivity contribution is 0.396. The monoisotopic (exact) mass is 311 g/mol. The minimum Gasteiger partial charge on any atom is -0.491 e. The van der Waals surface area contributed by atoms with Crippen LogP contribution in [0.5, 0.6) is 5.75 Å². The molecule has 1 aromatic heterocycles. The van der Waals surface area contributed by atoms with Gasteiger partial charge in [-0.3, -0.25) is 0 Å². The first kappa shape index (κ1) is 15.8. The minimum absolute atomic E-state index is 0.462. The average Bonchev–Trinajstić information content (AvgIpc) is 2.63. The van der Waals surface area contributed by atoms with E-state index in [9.17, 15) is 0 Å². The van der Waals surface area contributed by atoms with Crippen molar-refractivity contribution in [2.45, 2.75) is 51.0 Å². The van der Waals surface area contributed by atoms with E-state index in [4.69, 9.17) is 4.74 Å². The smallest absolute Gasteiger partial charge is 0.182 e. The Kier molecular flexibility index (Phi) is 5.11. The second-order valence-electron chi connectivity index (χ2n) is 6.16. The van der Waals surface area contributed by atoms with Gasteiger partial charge < -0.3 is 10.1 Å². The summed E-state index contributed by atoms with van der Waals surface area (Å²) in [6, 6.07) is 11.3. The molecule has 3 rings (SSSR count). The minimum atomic E-state index is 0.462. The fourth-order valence-electron chi connectivity index (χ4n) is 3.47. The van der Waals surface area contributed by atoms with Crippen molar-refractivity contribution in [1.82, 2.24) is 9.97 Å². The van der Waals surface area contributed by atoms with E-state index in [0.29, 0.717) is 12.0 Å². The second-order valence-corrected chi connectivity index (χ2v) is 6.16. The molecular weight excluding hydrogens is 286 g/mol. The van der Waals surface area contributed by atoms with Crippen LogP contribution in [-0.2, 0) is 6.42 Å². The van der Waals surface area contributed by atoms with Gasteiger partial charge in [0.25, 0.3) is 0 Å². The molecule has 0 atom stereocenters. The summed E-state index contributed by atoms with van der Waals surface area (Å²) in [6.45, 7) is 2.08. The fourth-order valence-corrected chi connectivity index (χ4v) is 3.47. The maximum absolute atomic E-state index is 5.51.